The number of aromatic nitrogens is 4. The number of pyridine rings is 4. The van der Waals surface area contributed by atoms with E-state index in [4.69, 9.17) is 16.3 Å². The summed E-state index contributed by atoms with van der Waals surface area (Å²) in [5.74, 6) is -0.271. The smallest absolute Gasteiger partial charge is 0.337 e. The topological polar surface area (TPSA) is 145 Å². The van der Waals surface area contributed by atoms with Gasteiger partial charge in [0.1, 0.15) is 0 Å². The van der Waals surface area contributed by atoms with Gasteiger partial charge >= 0.3 is 11.9 Å². The van der Waals surface area contributed by atoms with Crippen LogP contribution in [0.2, 0.25) is 0 Å². The lowest BCUT2D eigenvalue weighted by Gasteiger charge is -2.21. The predicted octanol–water partition coefficient (Wildman–Crippen LogP) is 8.23. The van der Waals surface area contributed by atoms with Gasteiger partial charge in [-0.15, -0.1) is 11.6 Å². The van der Waals surface area contributed by atoms with Gasteiger partial charge in [-0.25, -0.2) is 9.59 Å². The number of ether oxygens (including phenoxy) is 2. The Kier molecular flexibility index (Phi) is 13.6. The summed E-state index contributed by atoms with van der Waals surface area (Å²) >= 11 is 5.89. The zero-order valence-electron chi connectivity index (χ0n) is 32.2. The Hall–Kier alpha value is -5.29. The highest BCUT2D eigenvalue weighted by molar-refractivity contribution is 6.17. The van der Waals surface area contributed by atoms with Crippen molar-refractivity contribution in [2.75, 3.05) is 14.2 Å². The first-order valence-corrected chi connectivity index (χ1v) is 17.8. The molecule has 0 aliphatic carbocycles. The Morgan fingerprint density at radius 1 is 0.648 bits per heavy atom. The van der Waals surface area contributed by atoms with Gasteiger partial charge in [0.25, 0.3) is 0 Å². The lowest BCUT2D eigenvalue weighted by atomic mass is 9.91. The van der Waals surface area contributed by atoms with Gasteiger partial charge in [-0.1, -0.05) is 6.07 Å². The molecule has 0 aliphatic rings. The molecule has 0 spiro atoms. The molecular weight excluding hydrogens is 704 g/mol. The number of hydrogen-bond donors (Lipinski definition) is 2. The van der Waals surface area contributed by atoms with Gasteiger partial charge in [0.05, 0.1) is 47.6 Å². The lowest BCUT2D eigenvalue weighted by molar-refractivity contribution is 0.0591. The summed E-state index contributed by atoms with van der Waals surface area (Å²) in [6, 6.07) is 18.8. The highest BCUT2D eigenvalue weighted by atomic mass is 35.5. The molecule has 0 radical (unpaired) electrons. The van der Waals surface area contributed by atoms with Crippen LogP contribution < -0.4 is 0 Å². The van der Waals surface area contributed by atoms with Crippen LogP contribution in [-0.4, -0.2) is 56.3 Å². The highest BCUT2D eigenvalue weighted by Crippen LogP contribution is 2.31. The van der Waals surface area contributed by atoms with E-state index in [2.05, 4.69) is 42.9 Å². The maximum absolute atomic E-state index is 11.7. The van der Waals surface area contributed by atoms with Crippen molar-refractivity contribution in [3.05, 3.63) is 141 Å². The first-order chi connectivity index (χ1) is 25.4. The van der Waals surface area contributed by atoms with E-state index in [1.54, 1.807) is 70.6 Å². The number of methoxy groups -OCH3 is 2. The number of rotatable bonds is 7. The average Bonchev–Trinajstić information content (AvgIpc) is 3.13. The lowest BCUT2D eigenvalue weighted by Crippen LogP contribution is -2.17. The predicted molar refractivity (Wildman–Crippen MR) is 212 cm³/mol. The monoisotopic (exact) mass is 750 g/mol. The number of benzene rings is 2. The molecule has 6 rings (SSSR count). The van der Waals surface area contributed by atoms with Gasteiger partial charge in [-0.05, 0) is 125 Å². The third-order valence-corrected chi connectivity index (χ3v) is 8.68. The van der Waals surface area contributed by atoms with E-state index in [9.17, 15) is 19.8 Å². The fraction of sp³-hybridized carbons (Fsp3) is 0.302. The van der Waals surface area contributed by atoms with Crippen LogP contribution in [-0.2, 0) is 33.0 Å². The molecule has 0 amide bonds. The van der Waals surface area contributed by atoms with Crippen LogP contribution in [0.1, 0.15) is 93.2 Å². The van der Waals surface area contributed by atoms with Crippen LogP contribution in [0, 0.1) is 20.8 Å². The van der Waals surface area contributed by atoms with Crippen LogP contribution in [0.3, 0.4) is 0 Å². The molecule has 0 fully saturated rings. The Labute approximate surface area is 321 Å². The van der Waals surface area contributed by atoms with Crippen molar-refractivity contribution in [3.8, 4) is 0 Å². The van der Waals surface area contributed by atoms with Crippen LogP contribution in [0.25, 0.3) is 21.8 Å². The van der Waals surface area contributed by atoms with E-state index >= 15 is 0 Å². The quantitative estimate of drug-likeness (QED) is 0.121. The van der Waals surface area contributed by atoms with Gasteiger partial charge in [-0.3, -0.25) is 19.9 Å². The summed E-state index contributed by atoms with van der Waals surface area (Å²) in [4.78, 5) is 39.9. The molecule has 11 heteroatoms. The standard InChI is InChI=1S/C21H22N2O3.C14H16ClNO.C8H9NO2/c1-13-7-16-8-14(10-18(21(2,3)25)19(16)23-12-13)9-17-11-15(5-6-22-17)20(24)26-4;1-9-4-11-5-10(7-15)6-12(14(2,3)17)13(11)16-8-9;1-6-5-7(3-4-9-6)8(10)11-2/h5-8,10-12,25H,9H2,1-4H3;4-6,8,17H,7H2,1-3H3;3-5H,1-2H3. The summed E-state index contributed by atoms with van der Waals surface area (Å²) in [5.41, 5.74) is 8.05. The van der Waals surface area contributed by atoms with E-state index in [-0.39, 0.29) is 11.9 Å². The molecule has 0 aliphatic heterocycles. The number of nitrogens with zero attached hydrogens (tertiary/aromatic N) is 4. The van der Waals surface area contributed by atoms with Crippen LogP contribution in [0.4, 0.5) is 0 Å². The van der Waals surface area contributed by atoms with E-state index in [1.807, 2.05) is 45.2 Å². The Bertz CT molecular complexity index is 2280. The summed E-state index contributed by atoms with van der Waals surface area (Å²) in [5, 5.41) is 22.8. The number of fused-ring (bicyclic) bond motifs is 2. The number of carbonyl (C=O) groups is 2. The summed E-state index contributed by atoms with van der Waals surface area (Å²) in [6.45, 7) is 12.9. The van der Waals surface area contributed by atoms with E-state index in [0.717, 1.165) is 66.6 Å². The minimum Gasteiger partial charge on any atom is -0.465 e. The van der Waals surface area contributed by atoms with Crippen LogP contribution >= 0.6 is 11.6 Å². The number of alkyl halides is 1. The van der Waals surface area contributed by atoms with Crippen molar-refractivity contribution < 1.29 is 29.3 Å². The molecule has 2 N–H and O–H groups in total. The molecule has 2 aromatic carbocycles. The zero-order chi connectivity index (χ0) is 39.8. The fourth-order valence-electron chi connectivity index (χ4n) is 5.78. The number of halogens is 1. The zero-order valence-corrected chi connectivity index (χ0v) is 32.9. The van der Waals surface area contributed by atoms with Crippen molar-refractivity contribution in [2.24, 2.45) is 0 Å². The molecular formula is C43H47ClN4O6. The summed E-state index contributed by atoms with van der Waals surface area (Å²) in [6.07, 6.45) is 7.35. The summed E-state index contributed by atoms with van der Waals surface area (Å²) in [7, 11) is 2.72. The first-order valence-electron chi connectivity index (χ1n) is 17.3. The number of esters is 2. The second kappa shape index (κ2) is 17.7. The summed E-state index contributed by atoms with van der Waals surface area (Å²) < 4.78 is 9.29. The number of hydrogen-bond acceptors (Lipinski definition) is 10. The largest absolute Gasteiger partial charge is 0.465 e. The van der Waals surface area contributed by atoms with Gasteiger partial charge in [0, 0.05) is 70.4 Å². The molecule has 0 saturated carbocycles. The molecule has 282 valence electrons. The van der Waals surface area contributed by atoms with Gasteiger partial charge in [0.2, 0.25) is 0 Å². The van der Waals surface area contributed by atoms with Crippen LogP contribution in [0.15, 0.2) is 85.5 Å². The van der Waals surface area contributed by atoms with E-state index in [1.165, 1.54) is 14.2 Å². The van der Waals surface area contributed by atoms with Crippen molar-refractivity contribution in [1.82, 2.24) is 19.9 Å². The number of carbonyl (C=O) groups excluding carboxylic acids is 2. The normalized spacial score (nSPS) is 11.3. The molecule has 0 saturated heterocycles. The maximum atomic E-state index is 11.7. The van der Waals surface area contributed by atoms with E-state index in [0.29, 0.717) is 23.4 Å². The van der Waals surface area contributed by atoms with Crippen molar-refractivity contribution in [3.63, 3.8) is 0 Å². The molecule has 4 heterocycles. The maximum Gasteiger partial charge on any atom is 0.337 e. The molecule has 4 aromatic heterocycles. The second-order valence-corrected chi connectivity index (χ2v) is 14.4. The van der Waals surface area contributed by atoms with Crippen molar-refractivity contribution >= 4 is 45.3 Å². The molecule has 0 atom stereocenters. The third-order valence-electron chi connectivity index (χ3n) is 8.37. The Morgan fingerprint density at radius 2 is 1.11 bits per heavy atom. The average molecular weight is 751 g/mol. The Morgan fingerprint density at radius 3 is 1.57 bits per heavy atom. The minimum atomic E-state index is -1.02. The molecule has 0 bridgehead atoms. The third kappa shape index (κ3) is 10.9. The fourth-order valence-corrected chi connectivity index (χ4v) is 5.93. The molecule has 54 heavy (non-hydrogen) atoms. The molecule has 0 unspecified atom stereocenters. The Balaban J connectivity index is 0.000000199. The van der Waals surface area contributed by atoms with Crippen molar-refractivity contribution in [1.29, 1.82) is 0 Å². The van der Waals surface area contributed by atoms with Gasteiger partial charge in [0.15, 0.2) is 0 Å². The highest BCUT2D eigenvalue weighted by Gasteiger charge is 2.22. The molecule has 6 aromatic rings. The number of aryl methyl sites for hydroxylation is 3. The second-order valence-electron chi connectivity index (χ2n) is 14.1. The molecule has 10 nitrogen and oxygen atoms in total. The van der Waals surface area contributed by atoms with E-state index < -0.39 is 11.2 Å². The SMILES string of the molecule is COC(=O)c1ccnc(C)c1.COC(=O)c1ccnc(Cc2cc(C(C)(C)O)c3ncc(C)cc3c2)c1.Cc1cnc2c(C(C)(C)O)cc(CCl)cc2c1. The van der Waals surface area contributed by atoms with Crippen molar-refractivity contribution in [2.45, 2.75) is 72.0 Å². The number of aliphatic hydroxyl groups is 2. The minimum absolute atomic E-state index is 0.324. The first kappa shape index (κ1) is 41.5. The van der Waals surface area contributed by atoms with Gasteiger partial charge < -0.3 is 19.7 Å². The van der Waals surface area contributed by atoms with Gasteiger partial charge in [-0.2, -0.15) is 0 Å². The van der Waals surface area contributed by atoms with Crippen LogP contribution in [0.5, 0.6) is 0 Å².